The molecule has 0 radical (unpaired) electrons. The Morgan fingerprint density at radius 2 is 1.96 bits per heavy atom. The third-order valence-electron chi connectivity index (χ3n) is 5.25. The summed E-state index contributed by atoms with van der Waals surface area (Å²) in [5.41, 5.74) is 0.806. The fraction of sp³-hybridized carbons (Fsp3) is 0.579. The maximum atomic E-state index is 12.7. The normalized spacial score (nSPS) is 26.7. The van der Waals surface area contributed by atoms with Crippen LogP contribution in [0.1, 0.15) is 39.5 Å². The average Bonchev–Trinajstić information content (AvgIpc) is 2.95. The van der Waals surface area contributed by atoms with E-state index in [0.29, 0.717) is 18.7 Å². The molecule has 136 valence electrons. The minimum atomic E-state index is -0.160. The highest BCUT2D eigenvalue weighted by molar-refractivity contribution is 5.97. The Labute approximate surface area is 149 Å². The lowest BCUT2D eigenvalue weighted by atomic mass is 9.98. The largest absolute Gasteiger partial charge is 0.497 e. The molecule has 3 amide bonds. The molecule has 6 heteroatoms. The summed E-state index contributed by atoms with van der Waals surface area (Å²) < 4.78 is 5.23. The topological polar surface area (TPSA) is 61.9 Å². The van der Waals surface area contributed by atoms with Crippen LogP contribution in [-0.4, -0.2) is 48.6 Å². The lowest BCUT2D eigenvalue weighted by Gasteiger charge is -2.39. The number of ether oxygens (including phenoxy) is 1. The predicted octanol–water partition coefficient (Wildman–Crippen LogP) is 2.77. The number of carbonyl (C=O) groups is 2. The van der Waals surface area contributed by atoms with Gasteiger partial charge in [0.2, 0.25) is 5.91 Å². The smallest absolute Gasteiger partial charge is 0.318 e. The number of amides is 3. The summed E-state index contributed by atoms with van der Waals surface area (Å²) >= 11 is 0. The van der Waals surface area contributed by atoms with Crippen LogP contribution in [0.3, 0.4) is 0 Å². The number of benzene rings is 1. The van der Waals surface area contributed by atoms with Crippen molar-refractivity contribution in [3.8, 4) is 5.75 Å². The van der Waals surface area contributed by atoms with Crippen LogP contribution in [0.4, 0.5) is 10.5 Å². The van der Waals surface area contributed by atoms with Gasteiger partial charge in [-0.25, -0.2) is 4.79 Å². The third-order valence-corrected chi connectivity index (χ3v) is 5.25. The first kappa shape index (κ1) is 17.6. The van der Waals surface area contributed by atoms with Crippen molar-refractivity contribution in [2.75, 3.05) is 18.6 Å². The van der Waals surface area contributed by atoms with Gasteiger partial charge in [0, 0.05) is 36.8 Å². The summed E-state index contributed by atoms with van der Waals surface area (Å²) in [5.74, 6) is 0.743. The summed E-state index contributed by atoms with van der Waals surface area (Å²) in [6.45, 7) is 4.68. The number of methoxy groups -OCH3 is 1. The zero-order valence-corrected chi connectivity index (χ0v) is 15.2. The molecule has 1 aromatic rings. The van der Waals surface area contributed by atoms with E-state index in [9.17, 15) is 9.59 Å². The van der Waals surface area contributed by atoms with Crippen molar-refractivity contribution < 1.29 is 14.3 Å². The van der Waals surface area contributed by atoms with Crippen LogP contribution in [0.25, 0.3) is 0 Å². The van der Waals surface area contributed by atoms with E-state index in [1.165, 1.54) is 0 Å². The van der Waals surface area contributed by atoms with Crippen LogP contribution in [0.2, 0.25) is 0 Å². The molecule has 0 saturated carbocycles. The molecule has 0 unspecified atom stereocenters. The molecule has 2 heterocycles. The Kier molecular flexibility index (Phi) is 5.16. The van der Waals surface area contributed by atoms with E-state index in [4.69, 9.17) is 4.74 Å². The van der Waals surface area contributed by atoms with Crippen molar-refractivity contribution in [2.24, 2.45) is 0 Å². The SMILES string of the molecule is COc1cccc(N2C[C@H](NC(=O)N3[C@H](C)CCC[C@@H]3C)CC2=O)c1. The van der Waals surface area contributed by atoms with E-state index >= 15 is 0 Å². The molecule has 0 spiro atoms. The van der Waals surface area contributed by atoms with E-state index in [-0.39, 0.29) is 30.1 Å². The maximum Gasteiger partial charge on any atom is 0.318 e. The van der Waals surface area contributed by atoms with Crippen molar-refractivity contribution in [3.05, 3.63) is 24.3 Å². The highest BCUT2D eigenvalue weighted by Crippen LogP contribution is 2.26. The van der Waals surface area contributed by atoms with Gasteiger partial charge < -0.3 is 19.9 Å². The Morgan fingerprint density at radius 3 is 2.64 bits per heavy atom. The van der Waals surface area contributed by atoms with Crippen LogP contribution in [0, 0.1) is 0 Å². The zero-order chi connectivity index (χ0) is 18.0. The second-order valence-electron chi connectivity index (χ2n) is 7.09. The number of likely N-dealkylation sites (tertiary alicyclic amines) is 1. The summed E-state index contributed by atoms with van der Waals surface area (Å²) in [4.78, 5) is 28.7. The van der Waals surface area contributed by atoms with E-state index in [2.05, 4.69) is 19.2 Å². The monoisotopic (exact) mass is 345 g/mol. The first-order valence-corrected chi connectivity index (χ1v) is 9.03. The number of rotatable bonds is 3. The fourth-order valence-electron chi connectivity index (χ4n) is 3.90. The van der Waals surface area contributed by atoms with Gasteiger partial charge in [0.05, 0.1) is 13.2 Å². The Balaban J connectivity index is 1.65. The molecule has 2 fully saturated rings. The number of piperidine rings is 1. The van der Waals surface area contributed by atoms with Gasteiger partial charge >= 0.3 is 6.03 Å². The third kappa shape index (κ3) is 3.72. The van der Waals surface area contributed by atoms with Crippen molar-refractivity contribution in [1.29, 1.82) is 0 Å². The lowest BCUT2D eigenvalue weighted by molar-refractivity contribution is -0.117. The van der Waals surface area contributed by atoms with Gasteiger partial charge in [-0.2, -0.15) is 0 Å². The highest BCUT2D eigenvalue weighted by atomic mass is 16.5. The lowest BCUT2D eigenvalue weighted by Crippen LogP contribution is -2.54. The number of carbonyl (C=O) groups excluding carboxylic acids is 2. The summed E-state index contributed by atoms with van der Waals surface area (Å²) in [7, 11) is 1.61. The van der Waals surface area contributed by atoms with Gasteiger partial charge in [0.15, 0.2) is 0 Å². The Morgan fingerprint density at radius 1 is 1.24 bits per heavy atom. The first-order valence-electron chi connectivity index (χ1n) is 9.03. The van der Waals surface area contributed by atoms with Crippen molar-refractivity contribution in [3.63, 3.8) is 0 Å². The predicted molar refractivity (Wildman–Crippen MR) is 96.9 cm³/mol. The standard InChI is InChI=1S/C19H27N3O3/c1-13-6-4-7-14(2)22(13)19(24)20-15-10-18(23)21(12-15)16-8-5-9-17(11-16)25-3/h5,8-9,11,13-15H,4,6-7,10,12H2,1-3H3,(H,20,24)/t13-,14+,15-/m1/s1. The van der Waals surface area contributed by atoms with Gasteiger partial charge in [0.1, 0.15) is 5.75 Å². The molecule has 1 aromatic carbocycles. The highest BCUT2D eigenvalue weighted by Gasteiger charge is 2.35. The summed E-state index contributed by atoms with van der Waals surface area (Å²) in [6.07, 6.45) is 3.58. The number of anilines is 1. The molecule has 2 aliphatic rings. The maximum absolute atomic E-state index is 12.7. The number of hydrogen-bond acceptors (Lipinski definition) is 3. The molecule has 2 saturated heterocycles. The summed E-state index contributed by atoms with van der Waals surface area (Å²) in [6, 6.07) is 7.73. The Hall–Kier alpha value is -2.24. The second kappa shape index (κ2) is 7.33. The van der Waals surface area contributed by atoms with Gasteiger partial charge in [0.25, 0.3) is 0 Å². The number of hydrogen-bond donors (Lipinski definition) is 1. The van der Waals surface area contributed by atoms with Gasteiger partial charge in [-0.05, 0) is 45.2 Å². The van der Waals surface area contributed by atoms with Crippen LogP contribution in [0.5, 0.6) is 5.75 Å². The molecular formula is C19H27N3O3. The van der Waals surface area contributed by atoms with E-state index in [1.54, 1.807) is 12.0 Å². The first-order chi connectivity index (χ1) is 12.0. The van der Waals surface area contributed by atoms with Gasteiger partial charge in [-0.3, -0.25) is 4.79 Å². The number of nitrogens with zero attached hydrogens (tertiary/aromatic N) is 2. The van der Waals surface area contributed by atoms with Crippen LogP contribution in [-0.2, 0) is 4.79 Å². The van der Waals surface area contributed by atoms with E-state index in [0.717, 1.165) is 24.9 Å². The summed E-state index contributed by atoms with van der Waals surface area (Å²) in [5, 5.41) is 3.06. The van der Waals surface area contributed by atoms with E-state index < -0.39 is 0 Å². The van der Waals surface area contributed by atoms with Crippen LogP contribution in [0.15, 0.2) is 24.3 Å². The molecule has 2 aliphatic heterocycles. The molecule has 0 aromatic heterocycles. The van der Waals surface area contributed by atoms with Crippen LogP contribution < -0.4 is 15.0 Å². The number of nitrogens with one attached hydrogen (secondary N) is 1. The Bertz CT molecular complexity index is 639. The van der Waals surface area contributed by atoms with Crippen molar-refractivity contribution in [1.82, 2.24) is 10.2 Å². The molecule has 3 atom stereocenters. The van der Waals surface area contributed by atoms with Crippen LogP contribution >= 0.6 is 0 Å². The number of urea groups is 1. The minimum absolute atomic E-state index is 0.0262. The molecule has 6 nitrogen and oxygen atoms in total. The molecular weight excluding hydrogens is 318 g/mol. The van der Waals surface area contributed by atoms with Gasteiger partial charge in [-0.15, -0.1) is 0 Å². The average molecular weight is 345 g/mol. The molecule has 0 aliphatic carbocycles. The molecule has 0 bridgehead atoms. The molecule has 25 heavy (non-hydrogen) atoms. The van der Waals surface area contributed by atoms with Crippen molar-refractivity contribution >= 4 is 17.6 Å². The zero-order valence-electron chi connectivity index (χ0n) is 15.2. The van der Waals surface area contributed by atoms with Crippen molar-refractivity contribution in [2.45, 2.75) is 57.7 Å². The quantitative estimate of drug-likeness (QED) is 0.916. The molecule has 1 N–H and O–H groups in total. The fourth-order valence-corrected chi connectivity index (χ4v) is 3.90. The molecule has 3 rings (SSSR count). The second-order valence-corrected chi connectivity index (χ2v) is 7.09. The minimum Gasteiger partial charge on any atom is -0.497 e. The van der Waals surface area contributed by atoms with E-state index in [1.807, 2.05) is 29.2 Å². The van der Waals surface area contributed by atoms with Gasteiger partial charge in [-0.1, -0.05) is 6.07 Å².